The van der Waals surface area contributed by atoms with Gasteiger partial charge < -0.3 is 5.32 Å². The lowest BCUT2D eigenvalue weighted by Gasteiger charge is -2.04. The largest absolute Gasteiger partial charge is 0.354 e. The Morgan fingerprint density at radius 2 is 2.09 bits per heavy atom. The normalized spacial score (nSPS) is 10.6. The SMILES string of the molecule is O=C(Cn1nnc(-c2cccs2)n1)NCCSc1ccccc1. The van der Waals surface area contributed by atoms with E-state index in [1.165, 1.54) is 9.69 Å². The fourth-order valence-corrected chi connectivity index (χ4v) is 3.31. The zero-order chi connectivity index (χ0) is 15.9. The van der Waals surface area contributed by atoms with Crippen molar-refractivity contribution in [2.45, 2.75) is 11.4 Å². The van der Waals surface area contributed by atoms with Gasteiger partial charge in [0.1, 0.15) is 6.54 Å². The van der Waals surface area contributed by atoms with Crippen LogP contribution in [0.25, 0.3) is 10.7 Å². The van der Waals surface area contributed by atoms with Gasteiger partial charge in [-0.15, -0.1) is 33.3 Å². The molecule has 0 atom stereocenters. The second-order valence-corrected chi connectivity index (χ2v) is 6.75. The third kappa shape index (κ3) is 4.64. The maximum atomic E-state index is 11.9. The van der Waals surface area contributed by atoms with Crippen molar-refractivity contribution in [2.75, 3.05) is 12.3 Å². The molecule has 0 radical (unpaired) electrons. The Balaban J connectivity index is 1.41. The molecule has 118 valence electrons. The van der Waals surface area contributed by atoms with Gasteiger partial charge in [0.25, 0.3) is 0 Å². The number of amides is 1. The fraction of sp³-hybridized carbons (Fsp3) is 0.200. The summed E-state index contributed by atoms with van der Waals surface area (Å²) < 4.78 is 0. The third-order valence-electron chi connectivity index (χ3n) is 2.92. The van der Waals surface area contributed by atoms with E-state index in [2.05, 4.69) is 32.9 Å². The number of carbonyl (C=O) groups excluding carboxylic acids is 1. The van der Waals surface area contributed by atoms with Crippen molar-refractivity contribution in [2.24, 2.45) is 0 Å². The van der Waals surface area contributed by atoms with Gasteiger partial charge in [0.15, 0.2) is 0 Å². The van der Waals surface area contributed by atoms with Crippen molar-refractivity contribution in [3.8, 4) is 10.7 Å². The van der Waals surface area contributed by atoms with Crippen LogP contribution in [0.2, 0.25) is 0 Å². The Hall–Kier alpha value is -2.19. The first-order chi connectivity index (χ1) is 11.3. The summed E-state index contributed by atoms with van der Waals surface area (Å²) in [6, 6.07) is 14.0. The zero-order valence-corrected chi connectivity index (χ0v) is 13.9. The number of rotatable bonds is 7. The summed E-state index contributed by atoms with van der Waals surface area (Å²) in [5.41, 5.74) is 0. The van der Waals surface area contributed by atoms with E-state index >= 15 is 0 Å². The highest BCUT2D eigenvalue weighted by Crippen LogP contribution is 2.19. The van der Waals surface area contributed by atoms with E-state index in [1.807, 2.05) is 35.7 Å². The monoisotopic (exact) mass is 345 g/mol. The summed E-state index contributed by atoms with van der Waals surface area (Å²) in [5.74, 6) is 1.25. The Morgan fingerprint density at radius 3 is 2.87 bits per heavy atom. The molecule has 0 saturated heterocycles. The maximum Gasteiger partial charge on any atom is 0.243 e. The maximum absolute atomic E-state index is 11.9. The van der Waals surface area contributed by atoms with Gasteiger partial charge in [-0.1, -0.05) is 24.3 Å². The highest BCUT2D eigenvalue weighted by molar-refractivity contribution is 7.99. The van der Waals surface area contributed by atoms with Crippen molar-refractivity contribution in [1.29, 1.82) is 0 Å². The van der Waals surface area contributed by atoms with Gasteiger partial charge in [-0.2, -0.15) is 4.80 Å². The third-order valence-corrected chi connectivity index (χ3v) is 4.80. The molecule has 0 aliphatic carbocycles. The van der Waals surface area contributed by atoms with Gasteiger partial charge >= 0.3 is 0 Å². The predicted octanol–water partition coefficient (Wildman–Crippen LogP) is 2.31. The zero-order valence-electron chi connectivity index (χ0n) is 12.3. The minimum atomic E-state index is -0.117. The second kappa shape index (κ2) is 7.89. The highest BCUT2D eigenvalue weighted by Gasteiger charge is 2.09. The second-order valence-electron chi connectivity index (χ2n) is 4.63. The molecular weight excluding hydrogens is 330 g/mol. The molecule has 23 heavy (non-hydrogen) atoms. The van der Waals surface area contributed by atoms with Crippen molar-refractivity contribution < 1.29 is 4.79 Å². The molecule has 0 aliphatic rings. The van der Waals surface area contributed by atoms with Crippen LogP contribution in [0.15, 0.2) is 52.7 Å². The molecule has 1 amide bonds. The van der Waals surface area contributed by atoms with Crippen molar-refractivity contribution >= 4 is 29.0 Å². The van der Waals surface area contributed by atoms with Gasteiger partial charge in [-0.3, -0.25) is 4.79 Å². The molecule has 1 aromatic carbocycles. The molecule has 0 spiro atoms. The molecule has 0 bridgehead atoms. The van der Waals surface area contributed by atoms with Crippen LogP contribution >= 0.6 is 23.1 Å². The molecule has 6 nitrogen and oxygen atoms in total. The number of hydrogen-bond acceptors (Lipinski definition) is 6. The molecule has 0 fully saturated rings. The molecule has 3 rings (SSSR count). The molecule has 0 unspecified atom stereocenters. The predicted molar refractivity (Wildman–Crippen MR) is 91.3 cm³/mol. The molecule has 2 aromatic heterocycles. The van der Waals surface area contributed by atoms with Gasteiger partial charge in [0.2, 0.25) is 11.7 Å². The number of tetrazole rings is 1. The number of carbonyl (C=O) groups is 1. The fourth-order valence-electron chi connectivity index (χ4n) is 1.88. The highest BCUT2D eigenvalue weighted by atomic mass is 32.2. The number of benzene rings is 1. The number of aromatic nitrogens is 4. The van der Waals surface area contributed by atoms with Crippen LogP contribution in [0.1, 0.15) is 0 Å². The lowest BCUT2D eigenvalue weighted by atomic mass is 10.4. The van der Waals surface area contributed by atoms with Gasteiger partial charge in [0.05, 0.1) is 4.88 Å². The van der Waals surface area contributed by atoms with Crippen molar-refractivity contribution in [3.05, 3.63) is 47.8 Å². The molecule has 3 aromatic rings. The van der Waals surface area contributed by atoms with Crippen LogP contribution in [0.4, 0.5) is 0 Å². The van der Waals surface area contributed by atoms with E-state index in [-0.39, 0.29) is 12.5 Å². The van der Waals surface area contributed by atoms with E-state index in [0.29, 0.717) is 12.4 Å². The van der Waals surface area contributed by atoms with Crippen LogP contribution < -0.4 is 5.32 Å². The first kappa shape index (κ1) is 15.7. The topological polar surface area (TPSA) is 72.7 Å². The van der Waals surface area contributed by atoms with E-state index < -0.39 is 0 Å². The summed E-state index contributed by atoms with van der Waals surface area (Å²) in [7, 11) is 0. The van der Waals surface area contributed by atoms with Crippen LogP contribution in [0.5, 0.6) is 0 Å². The lowest BCUT2D eigenvalue weighted by Crippen LogP contribution is -2.30. The Morgan fingerprint density at radius 1 is 1.22 bits per heavy atom. The van der Waals surface area contributed by atoms with Gasteiger partial charge in [-0.25, -0.2) is 0 Å². The molecule has 1 N–H and O–H groups in total. The number of hydrogen-bond donors (Lipinski definition) is 1. The van der Waals surface area contributed by atoms with Gasteiger partial charge in [0, 0.05) is 17.2 Å². The average Bonchev–Trinajstić information content (AvgIpc) is 3.24. The van der Waals surface area contributed by atoms with E-state index in [1.54, 1.807) is 23.1 Å². The van der Waals surface area contributed by atoms with Crippen LogP contribution in [-0.2, 0) is 11.3 Å². The van der Waals surface area contributed by atoms with Crippen molar-refractivity contribution in [3.63, 3.8) is 0 Å². The molecule has 0 aliphatic heterocycles. The minimum Gasteiger partial charge on any atom is -0.354 e. The summed E-state index contributed by atoms with van der Waals surface area (Å²) in [4.78, 5) is 15.3. The van der Waals surface area contributed by atoms with E-state index in [9.17, 15) is 4.79 Å². The molecule has 2 heterocycles. The summed E-state index contributed by atoms with van der Waals surface area (Å²) in [5, 5.41) is 16.9. The molecular formula is C15H15N5OS2. The number of nitrogens with one attached hydrogen (secondary N) is 1. The number of thioether (sulfide) groups is 1. The Labute approximate surface area is 141 Å². The average molecular weight is 345 g/mol. The van der Waals surface area contributed by atoms with Gasteiger partial charge in [-0.05, 0) is 28.8 Å². The lowest BCUT2D eigenvalue weighted by molar-refractivity contribution is -0.121. The van der Waals surface area contributed by atoms with Crippen molar-refractivity contribution in [1.82, 2.24) is 25.5 Å². The quantitative estimate of drug-likeness (QED) is 0.525. The van der Waals surface area contributed by atoms with Crippen LogP contribution in [-0.4, -0.2) is 38.4 Å². The van der Waals surface area contributed by atoms with Crippen LogP contribution in [0, 0.1) is 0 Å². The standard InChI is InChI=1S/C15H15N5OS2/c21-14(16-8-10-22-12-5-2-1-3-6-12)11-20-18-15(17-19-20)13-7-4-9-23-13/h1-7,9H,8,10-11H2,(H,16,21). The first-order valence-electron chi connectivity index (χ1n) is 7.07. The number of thiophene rings is 1. The van der Waals surface area contributed by atoms with E-state index in [4.69, 9.17) is 0 Å². The summed E-state index contributed by atoms with van der Waals surface area (Å²) in [6.07, 6.45) is 0. The number of nitrogens with zero attached hydrogens (tertiary/aromatic N) is 4. The minimum absolute atomic E-state index is 0.0778. The van der Waals surface area contributed by atoms with E-state index in [0.717, 1.165) is 10.6 Å². The molecule has 0 saturated carbocycles. The summed E-state index contributed by atoms with van der Waals surface area (Å²) >= 11 is 3.25. The van der Waals surface area contributed by atoms with Crippen LogP contribution in [0.3, 0.4) is 0 Å². The Bertz CT molecular complexity index is 742. The first-order valence-corrected chi connectivity index (χ1v) is 8.94. The summed E-state index contributed by atoms with van der Waals surface area (Å²) in [6.45, 7) is 0.680. The molecule has 8 heteroatoms. The smallest absolute Gasteiger partial charge is 0.243 e. The Kier molecular flexibility index (Phi) is 5.38.